The van der Waals surface area contributed by atoms with Crippen molar-refractivity contribution >= 4 is 28.0 Å². The number of urea groups is 1. The number of methoxy groups -OCH3 is 2. The highest BCUT2D eigenvalue weighted by atomic mass is 32.2. The maximum atomic E-state index is 12.4. The number of carbonyl (C=O) groups is 2. The summed E-state index contributed by atoms with van der Waals surface area (Å²) in [6, 6.07) is 6.39. The number of esters is 1. The van der Waals surface area contributed by atoms with Crippen LogP contribution in [-0.2, 0) is 20.5 Å². The minimum Gasteiger partial charge on any atom is -0.481 e. The standard InChI is InChI=1S/C18H22N4O7S/c1-4-9-29-16(23)13-8-6-5-7-12(13)11-30(25,26)22-18(24)21-17-19-14(27-2)10-15(20-17)28-3/h5-8,10H,4,9,11H2,1-3H3,(H2,19,20,21,22,24). The third kappa shape index (κ3) is 6.58. The number of benzene rings is 1. The smallest absolute Gasteiger partial charge is 0.338 e. The molecular formula is C18H22N4O7S. The fraction of sp³-hybridized carbons (Fsp3) is 0.333. The van der Waals surface area contributed by atoms with Gasteiger partial charge in [-0.2, -0.15) is 9.97 Å². The molecule has 1 aromatic heterocycles. The largest absolute Gasteiger partial charge is 0.481 e. The Morgan fingerprint density at radius 1 is 1.07 bits per heavy atom. The van der Waals surface area contributed by atoms with Crippen molar-refractivity contribution in [2.75, 3.05) is 26.1 Å². The van der Waals surface area contributed by atoms with Gasteiger partial charge in [-0.3, -0.25) is 5.32 Å². The van der Waals surface area contributed by atoms with Gasteiger partial charge in [0.05, 0.1) is 38.2 Å². The molecule has 0 saturated heterocycles. The average Bonchev–Trinajstić information content (AvgIpc) is 2.71. The van der Waals surface area contributed by atoms with Gasteiger partial charge >= 0.3 is 12.0 Å². The number of anilines is 1. The second-order valence-electron chi connectivity index (χ2n) is 5.88. The van der Waals surface area contributed by atoms with E-state index in [1.165, 1.54) is 32.4 Å². The zero-order chi connectivity index (χ0) is 22.1. The molecule has 0 radical (unpaired) electrons. The van der Waals surface area contributed by atoms with E-state index in [-0.39, 0.29) is 35.4 Å². The number of ether oxygens (including phenoxy) is 3. The number of amides is 2. The van der Waals surface area contributed by atoms with E-state index < -0.39 is 27.8 Å². The van der Waals surface area contributed by atoms with Gasteiger partial charge in [0.1, 0.15) is 0 Å². The number of carbonyl (C=O) groups excluding carboxylic acids is 2. The maximum Gasteiger partial charge on any atom is 0.338 e. The molecule has 30 heavy (non-hydrogen) atoms. The van der Waals surface area contributed by atoms with Crippen molar-refractivity contribution in [3.8, 4) is 11.8 Å². The Hall–Kier alpha value is -3.41. The highest BCUT2D eigenvalue weighted by Crippen LogP contribution is 2.17. The number of hydrogen-bond acceptors (Lipinski definition) is 9. The van der Waals surface area contributed by atoms with E-state index in [4.69, 9.17) is 14.2 Å². The molecule has 0 saturated carbocycles. The van der Waals surface area contributed by atoms with Crippen LogP contribution in [0.3, 0.4) is 0 Å². The lowest BCUT2D eigenvalue weighted by molar-refractivity contribution is 0.0504. The quantitative estimate of drug-likeness (QED) is 0.559. The van der Waals surface area contributed by atoms with Crippen LogP contribution in [0.2, 0.25) is 0 Å². The third-order valence-electron chi connectivity index (χ3n) is 3.59. The fourth-order valence-corrected chi connectivity index (χ4v) is 3.36. The minimum absolute atomic E-state index is 0.109. The summed E-state index contributed by atoms with van der Waals surface area (Å²) < 4.78 is 41.7. The summed E-state index contributed by atoms with van der Waals surface area (Å²) in [5.74, 6) is -1.24. The predicted octanol–water partition coefficient (Wildman–Crippen LogP) is 1.71. The van der Waals surface area contributed by atoms with E-state index in [1.54, 1.807) is 12.1 Å². The Labute approximate surface area is 173 Å². The molecule has 0 aliphatic carbocycles. The first-order valence-corrected chi connectivity index (χ1v) is 10.5. The van der Waals surface area contributed by atoms with E-state index >= 15 is 0 Å². The Kier molecular flexibility index (Phi) is 7.92. The van der Waals surface area contributed by atoms with Crippen molar-refractivity contribution in [1.82, 2.24) is 14.7 Å². The highest BCUT2D eigenvalue weighted by Gasteiger charge is 2.21. The van der Waals surface area contributed by atoms with E-state index in [1.807, 2.05) is 11.6 Å². The summed E-state index contributed by atoms with van der Waals surface area (Å²) in [5.41, 5.74) is 0.302. The van der Waals surface area contributed by atoms with Crippen LogP contribution >= 0.6 is 0 Å². The molecule has 2 N–H and O–H groups in total. The molecule has 1 aromatic carbocycles. The van der Waals surface area contributed by atoms with Crippen LogP contribution in [-0.4, -0.2) is 51.2 Å². The molecule has 0 atom stereocenters. The first-order chi connectivity index (χ1) is 14.3. The van der Waals surface area contributed by atoms with Gasteiger partial charge in [0, 0.05) is 0 Å². The molecule has 0 fully saturated rings. The maximum absolute atomic E-state index is 12.4. The van der Waals surface area contributed by atoms with E-state index in [9.17, 15) is 18.0 Å². The van der Waals surface area contributed by atoms with E-state index in [0.29, 0.717) is 6.42 Å². The number of nitrogens with one attached hydrogen (secondary N) is 2. The van der Waals surface area contributed by atoms with Gasteiger partial charge in [-0.1, -0.05) is 25.1 Å². The SMILES string of the molecule is CCCOC(=O)c1ccccc1CS(=O)(=O)NC(=O)Nc1nc(OC)cc(OC)n1. The molecule has 12 heteroatoms. The van der Waals surface area contributed by atoms with Gasteiger partial charge in [0.15, 0.2) is 0 Å². The first-order valence-electron chi connectivity index (χ1n) is 8.81. The van der Waals surface area contributed by atoms with E-state index in [2.05, 4.69) is 15.3 Å². The molecule has 0 bridgehead atoms. The molecule has 11 nitrogen and oxygen atoms in total. The van der Waals surface area contributed by atoms with Gasteiger partial charge in [0.2, 0.25) is 27.7 Å². The molecule has 2 amide bonds. The highest BCUT2D eigenvalue weighted by molar-refractivity contribution is 7.89. The number of hydrogen-bond donors (Lipinski definition) is 2. The number of aromatic nitrogens is 2. The average molecular weight is 438 g/mol. The van der Waals surface area contributed by atoms with Crippen molar-refractivity contribution in [1.29, 1.82) is 0 Å². The Balaban J connectivity index is 2.11. The van der Waals surface area contributed by atoms with Gasteiger partial charge in [0.25, 0.3) is 0 Å². The number of rotatable bonds is 9. The predicted molar refractivity (Wildman–Crippen MR) is 107 cm³/mol. The summed E-state index contributed by atoms with van der Waals surface area (Å²) in [6.45, 7) is 2.05. The summed E-state index contributed by atoms with van der Waals surface area (Å²) in [4.78, 5) is 32.0. The summed E-state index contributed by atoms with van der Waals surface area (Å²) in [7, 11) is -1.43. The topological polar surface area (TPSA) is 146 Å². The van der Waals surface area contributed by atoms with Crippen LogP contribution in [0.1, 0.15) is 29.3 Å². The van der Waals surface area contributed by atoms with Gasteiger partial charge in [-0.25, -0.2) is 22.7 Å². The molecule has 2 aromatic rings. The fourth-order valence-electron chi connectivity index (χ4n) is 2.30. The second-order valence-corrected chi connectivity index (χ2v) is 7.61. The molecule has 0 unspecified atom stereocenters. The van der Waals surface area contributed by atoms with Crippen molar-refractivity contribution in [3.63, 3.8) is 0 Å². The molecule has 0 spiro atoms. The second kappa shape index (κ2) is 10.4. The lowest BCUT2D eigenvalue weighted by atomic mass is 10.1. The molecule has 0 aliphatic rings. The summed E-state index contributed by atoms with van der Waals surface area (Å²) in [5, 5.41) is 2.20. The van der Waals surface area contributed by atoms with Gasteiger partial charge in [-0.05, 0) is 18.1 Å². The van der Waals surface area contributed by atoms with Crippen LogP contribution in [0.4, 0.5) is 10.7 Å². The number of nitrogens with zero attached hydrogens (tertiary/aromatic N) is 2. The molecule has 2 rings (SSSR count). The van der Waals surface area contributed by atoms with E-state index in [0.717, 1.165) is 0 Å². The lowest BCUT2D eigenvalue weighted by Gasteiger charge is -2.11. The lowest BCUT2D eigenvalue weighted by Crippen LogP contribution is -2.36. The van der Waals surface area contributed by atoms with Crippen molar-refractivity contribution in [2.45, 2.75) is 19.1 Å². The van der Waals surface area contributed by atoms with Crippen LogP contribution in [0.25, 0.3) is 0 Å². The number of sulfonamides is 1. The van der Waals surface area contributed by atoms with Crippen LogP contribution in [0, 0.1) is 0 Å². The molecule has 1 heterocycles. The molecule has 0 aliphatic heterocycles. The van der Waals surface area contributed by atoms with Crippen molar-refractivity contribution in [2.24, 2.45) is 0 Å². The van der Waals surface area contributed by atoms with Gasteiger partial charge in [-0.15, -0.1) is 0 Å². The zero-order valence-corrected chi connectivity index (χ0v) is 17.5. The Morgan fingerprint density at radius 2 is 1.70 bits per heavy atom. The molecule has 162 valence electrons. The summed E-state index contributed by atoms with van der Waals surface area (Å²) >= 11 is 0. The van der Waals surface area contributed by atoms with Crippen LogP contribution < -0.4 is 19.5 Å². The molecular weight excluding hydrogens is 416 g/mol. The zero-order valence-electron chi connectivity index (χ0n) is 16.7. The van der Waals surface area contributed by atoms with Gasteiger partial charge < -0.3 is 14.2 Å². The Bertz CT molecular complexity index is 989. The summed E-state index contributed by atoms with van der Waals surface area (Å²) in [6.07, 6.45) is 0.630. The van der Waals surface area contributed by atoms with Crippen molar-refractivity contribution < 1.29 is 32.2 Å². The first kappa shape index (κ1) is 22.9. The van der Waals surface area contributed by atoms with Crippen LogP contribution in [0.5, 0.6) is 11.8 Å². The monoisotopic (exact) mass is 438 g/mol. The Morgan fingerprint density at radius 3 is 2.30 bits per heavy atom. The van der Waals surface area contributed by atoms with Crippen molar-refractivity contribution in [3.05, 3.63) is 41.5 Å². The minimum atomic E-state index is -4.15. The third-order valence-corrected chi connectivity index (χ3v) is 4.78. The van der Waals surface area contributed by atoms with Crippen LogP contribution in [0.15, 0.2) is 30.3 Å². The normalized spacial score (nSPS) is 10.8.